The van der Waals surface area contributed by atoms with Crippen molar-refractivity contribution < 1.29 is 33.4 Å². The van der Waals surface area contributed by atoms with Crippen molar-refractivity contribution in [3.63, 3.8) is 0 Å². The van der Waals surface area contributed by atoms with Crippen LogP contribution in [0.4, 0.5) is 27.5 Å². The molecule has 260 valence electrons. The van der Waals surface area contributed by atoms with Crippen molar-refractivity contribution in [1.82, 2.24) is 5.32 Å². The molecule has 0 spiro atoms. The average molecular weight is 680 g/mol. The topological polar surface area (TPSA) is 138 Å². The van der Waals surface area contributed by atoms with Crippen LogP contribution in [0.2, 0.25) is 0 Å². The predicted molar refractivity (Wildman–Crippen MR) is 193 cm³/mol. The fraction of sp³-hybridized carbons (Fsp3) is 0.237. The summed E-state index contributed by atoms with van der Waals surface area (Å²) in [6, 6.07) is 27.3. The number of urea groups is 1. The summed E-state index contributed by atoms with van der Waals surface area (Å²) in [7, 11) is 4.55. The number of nitrogens with one attached hydrogen (secondary N) is 2. The Kier molecular flexibility index (Phi) is 12.7. The number of para-hydroxylation sites is 3. The molecule has 0 aromatic heterocycles. The number of likely N-dealkylation sites (N-methyl/N-ethyl adjacent to an activating group) is 2. The van der Waals surface area contributed by atoms with E-state index in [0.717, 1.165) is 16.8 Å². The first kappa shape index (κ1) is 36.7. The number of anilines is 4. The minimum atomic E-state index is -0.675. The molecular weight excluding hydrogens is 638 g/mol. The summed E-state index contributed by atoms with van der Waals surface area (Å²) >= 11 is 0. The van der Waals surface area contributed by atoms with E-state index in [1.807, 2.05) is 38.1 Å². The molecule has 4 aromatic rings. The van der Waals surface area contributed by atoms with Gasteiger partial charge in [0.05, 0.1) is 25.8 Å². The Labute approximate surface area is 291 Å². The molecule has 12 nitrogen and oxygen atoms in total. The Balaban J connectivity index is 1.51. The van der Waals surface area contributed by atoms with Gasteiger partial charge in [-0.25, -0.2) is 4.79 Å². The van der Waals surface area contributed by atoms with E-state index >= 15 is 0 Å². The summed E-state index contributed by atoms with van der Waals surface area (Å²) in [5.41, 5.74) is 4.65. The molecule has 0 fully saturated rings. The SMILES string of the molecule is COC(=O)Cc1cccc(NC(=O)NCC(=O)N(CC(=O)N(C)c2ccccc2)c2ccccc2OCC(=O)N(C)c2cc(C)cc(C)c2)c1. The van der Waals surface area contributed by atoms with Crippen LogP contribution in [0.3, 0.4) is 0 Å². The second-order valence-electron chi connectivity index (χ2n) is 11.6. The number of benzene rings is 4. The molecule has 50 heavy (non-hydrogen) atoms. The molecule has 5 amide bonds. The zero-order valence-corrected chi connectivity index (χ0v) is 28.8. The standard InChI is InChI=1S/C38H41N5O7/c1-26-18-27(2)20-31(19-26)42(4)36(46)25-50-33-17-10-9-16-32(33)43(24-35(45)41(3)30-14-7-6-8-15-30)34(44)23-39-38(48)40-29-13-11-12-28(21-29)22-37(47)49-5/h6-21H,22-25H2,1-5H3,(H2,39,40,48). The van der Waals surface area contributed by atoms with Crippen LogP contribution in [-0.2, 0) is 30.3 Å². The predicted octanol–water partition coefficient (Wildman–Crippen LogP) is 4.88. The fourth-order valence-corrected chi connectivity index (χ4v) is 5.10. The molecular formula is C38H41N5O7. The lowest BCUT2D eigenvalue weighted by molar-refractivity contribution is -0.139. The van der Waals surface area contributed by atoms with E-state index in [-0.39, 0.29) is 36.9 Å². The quantitative estimate of drug-likeness (QED) is 0.192. The lowest BCUT2D eigenvalue weighted by Gasteiger charge is -2.27. The number of aryl methyl sites for hydroxylation is 2. The maximum absolute atomic E-state index is 13.8. The highest BCUT2D eigenvalue weighted by atomic mass is 16.5. The molecule has 0 radical (unpaired) electrons. The van der Waals surface area contributed by atoms with Crippen LogP contribution < -0.4 is 30.1 Å². The third-order valence-corrected chi connectivity index (χ3v) is 7.75. The molecule has 0 saturated heterocycles. The van der Waals surface area contributed by atoms with Crippen molar-refractivity contribution in [3.8, 4) is 5.75 Å². The van der Waals surface area contributed by atoms with Crippen LogP contribution in [-0.4, -0.2) is 70.6 Å². The summed E-state index contributed by atoms with van der Waals surface area (Å²) in [5.74, 6) is -1.56. The monoisotopic (exact) mass is 679 g/mol. The van der Waals surface area contributed by atoms with Crippen molar-refractivity contribution in [2.75, 3.05) is 60.9 Å². The van der Waals surface area contributed by atoms with Gasteiger partial charge in [-0.3, -0.25) is 24.1 Å². The maximum atomic E-state index is 13.8. The maximum Gasteiger partial charge on any atom is 0.319 e. The molecule has 0 aliphatic rings. The number of carbonyl (C=O) groups is 5. The second kappa shape index (κ2) is 17.3. The van der Waals surface area contributed by atoms with Crippen LogP contribution in [0, 0.1) is 13.8 Å². The number of esters is 1. The highest BCUT2D eigenvalue weighted by Crippen LogP contribution is 2.29. The van der Waals surface area contributed by atoms with Crippen LogP contribution in [0.1, 0.15) is 16.7 Å². The van der Waals surface area contributed by atoms with Gasteiger partial charge in [-0.1, -0.05) is 48.5 Å². The molecule has 4 rings (SSSR count). The summed E-state index contributed by atoms with van der Waals surface area (Å²) in [5, 5.41) is 5.19. The third kappa shape index (κ3) is 10.2. The molecule has 0 saturated carbocycles. The summed E-state index contributed by atoms with van der Waals surface area (Å²) in [6.45, 7) is 2.70. The van der Waals surface area contributed by atoms with Crippen molar-refractivity contribution in [2.45, 2.75) is 20.3 Å². The minimum absolute atomic E-state index is 0.0293. The van der Waals surface area contributed by atoms with Gasteiger partial charge in [0.1, 0.15) is 12.3 Å². The normalized spacial score (nSPS) is 10.4. The average Bonchev–Trinajstić information content (AvgIpc) is 3.11. The summed E-state index contributed by atoms with van der Waals surface area (Å²) < 4.78 is 10.7. The van der Waals surface area contributed by atoms with E-state index in [4.69, 9.17) is 9.47 Å². The molecule has 0 unspecified atom stereocenters. The number of hydrogen-bond donors (Lipinski definition) is 2. The number of rotatable bonds is 13. The van der Waals surface area contributed by atoms with Gasteiger partial charge in [-0.2, -0.15) is 0 Å². The largest absolute Gasteiger partial charge is 0.482 e. The van der Waals surface area contributed by atoms with E-state index in [9.17, 15) is 24.0 Å². The smallest absolute Gasteiger partial charge is 0.319 e. The first-order valence-corrected chi connectivity index (χ1v) is 15.8. The van der Waals surface area contributed by atoms with Crippen molar-refractivity contribution >= 4 is 52.5 Å². The zero-order valence-electron chi connectivity index (χ0n) is 28.8. The van der Waals surface area contributed by atoms with Crippen LogP contribution in [0.25, 0.3) is 0 Å². The molecule has 0 aliphatic carbocycles. The number of amides is 5. The van der Waals surface area contributed by atoms with Gasteiger partial charge in [0.15, 0.2) is 6.61 Å². The minimum Gasteiger partial charge on any atom is -0.482 e. The van der Waals surface area contributed by atoms with E-state index < -0.39 is 30.4 Å². The molecule has 12 heteroatoms. The van der Waals surface area contributed by atoms with Crippen LogP contribution in [0.5, 0.6) is 5.75 Å². The van der Waals surface area contributed by atoms with Crippen LogP contribution in [0.15, 0.2) is 97.1 Å². The van der Waals surface area contributed by atoms with Gasteiger partial charge in [-0.15, -0.1) is 0 Å². The Morgan fingerprint density at radius 3 is 2.06 bits per heavy atom. The van der Waals surface area contributed by atoms with Gasteiger partial charge < -0.3 is 29.9 Å². The van der Waals surface area contributed by atoms with E-state index in [0.29, 0.717) is 16.9 Å². The molecule has 0 bridgehead atoms. The zero-order chi connectivity index (χ0) is 36.2. The van der Waals surface area contributed by atoms with E-state index in [1.165, 1.54) is 21.8 Å². The Morgan fingerprint density at radius 1 is 0.700 bits per heavy atom. The first-order chi connectivity index (χ1) is 23.9. The van der Waals surface area contributed by atoms with Gasteiger partial charge in [0.25, 0.3) is 5.91 Å². The van der Waals surface area contributed by atoms with E-state index in [1.54, 1.807) is 86.9 Å². The van der Waals surface area contributed by atoms with Gasteiger partial charge in [0.2, 0.25) is 11.8 Å². The molecule has 0 heterocycles. The number of hydrogen-bond acceptors (Lipinski definition) is 7. The summed E-state index contributed by atoms with van der Waals surface area (Å²) in [4.78, 5) is 69.1. The van der Waals surface area contributed by atoms with Crippen molar-refractivity contribution in [3.05, 3.63) is 114 Å². The first-order valence-electron chi connectivity index (χ1n) is 15.8. The summed E-state index contributed by atoms with van der Waals surface area (Å²) in [6.07, 6.45) is 0.0293. The van der Waals surface area contributed by atoms with E-state index in [2.05, 4.69) is 10.6 Å². The number of ether oxygens (including phenoxy) is 2. The van der Waals surface area contributed by atoms with Gasteiger partial charge in [-0.05, 0) is 79.1 Å². The van der Waals surface area contributed by atoms with Crippen molar-refractivity contribution in [1.29, 1.82) is 0 Å². The lowest BCUT2D eigenvalue weighted by Crippen LogP contribution is -2.46. The van der Waals surface area contributed by atoms with Crippen LogP contribution >= 0.6 is 0 Å². The molecule has 2 N–H and O–H groups in total. The van der Waals surface area contributed by atoms with Gasteiger partial charge >= 0.3 is 12.0 Å². The third-order valence-electron chi connectivity index (χ3n) is 7.75. The Morgan fingerprint density at radius 2 is 1.36 bits per heavy atom. The molecule has 4 aromatic carbocycles. The number of nitrogens with zero attached hydrogens (tertiary/aromatic N) is 3. The Hall–Kier alpha value is -6.17. The lowest BCUT2D eigenvalue weighted by atomic mass is 10.1. The Bertz CT molecular complexity index is 1830. The molecule has 0 atom stereocenters. The highest BCUT2D eigenvalue weighted by molar-refractivity contribution is 6.06. The number of methoxy groups -OCH3 is 1. The highest BCUT2D eigenvalue weighted by Gasteiger charge is 2.25. The van der Waals surface area contributed by atoms with Crippen molar-refractivity contribution in [2.24, 2.45) is 0 Å². The molecule has 0 aliphatic heterocycles. The van der Waals surface area contributed by atoms with Gasteiger partial charge in [0, 0.05) is 31.2 Å². The number of carbonyl (C=O) groups excluding carboxylic acids is 5. The second-order valence-corrected chi connectivity index (χ2v) is 11.6. The fourth-order valence-electron chi connectivity index (χ4n) is 5.10.